The van der Waals surface area contributed by atoms with Crippen LogP contribution in [0.2, 0.25) is 0 Å². The van der Waals surface area contributed by atoms with Gasteiger partial charge in [0.2, 0.25) is 5.78 Å². The van der Waals surface area contributed by atoms with E-state index in [-0.39, 0.29) is 11.2 Å². The smallest absolute Gasteiger partial charge is 0.205 e. The van der Waals surface area contributed by atoms with Crippen LogP contribution in [0.3, 0.4) is 0 Å². The third kappa shape index (κ3) is 3.81. The highest BCUT2D eigenvalue weighted by molar-refractivity contribution is 9.10. The van der Waals surface area contributed by atoms with Crippen molar-refractivity contribution < 1.29 is 4.79 Å². The van der Waals surface area contributed by atoms with Crippen molar-refractivity contribution in [1.29, 1.82) is 0 Å². The molecule has 3 nitrogen and oxygen atoms in total. The van der Waals surface area contributed by atoms with E-state index in [9.17, 15) is 4.79 Å². The van der Waals surface area contributed by atoms with Crippen LogP contribution in [0.1, 0.15) is 91.7 Å². The Morgan fingerprint density at radius 3 is 2.52 bits per heavy atom. The number of hydrogen-bond donors (Lipinski definition) is 1. The van der Waals surface area contributed by atoms with Gasteiger partial charge in [-0.1, -0.05) is 73.0 Å². The summed E-state index contributed by atoms with van der Waals surface area (Å²) < 4.78 is 0.955. The number of halogens is 1. The monoisotopic (exact) mass is 638 g/mol. The number of anilines is 1. The van der Waals surface area contributed by atoms with E-state index in [0.717, 1.165) is 38.9 Å². The fourth-order valence-electron chi connectivity index (χ4n) is 10.2. The summed E-state index contributed by atoms with van der Waals surface area (Å²) in [7, 11) is 0. The molecule has 0 saturated heterocycles. The quantitative estimate of drug-likeness (QED) is 0.227. The Bertz CT molecular complexity index is 1710. The standard InChI is InChI=1S/C37H39BrN2OS/c1-36-18-7-6-10-23(36)13-16-25-27(36)17-19-37(2)28(25)20-26-29(21-8-4-3-5-9-21)30-31(39)33(42-35(30)40-34(26)37)32(41)22-11-14-24(38)15-12-22/h3-5,8-9,11-12,14-15,23,25,27-28H,6-7,10,13,16-20,39H2,1-2H3/t23-,25-,27+,28+,36-,37-/m0/s1. The lowest BCUT2D eigenvalue weighted by Gasteiger charge is -2.59. The number of aromatic nitrogens is 1. The zero-order chi connectivity index (χ0) is 28.8. The number of nitrogens with zero attached hydrogens (tertiary/aromatic N) is 1. The van der Waals surface area contributed by atoms with E-state index in [1.807, 2.05) is 24.3 Å². The second-order valence-corrected chi connectivity index (χ2v) is 16.0. The largest absolute Gasteiger partial charge is 0.397 e. The van der Waals surface area contributed by atoms with E-state index in [0.29, 0.717) is 27.5 Å². The summed E-state index contributed by atoms with van der Waals surface area (Å²) in [6, 6.07) is 18.3. The summed E-state index contributed by atoms with van der Waals surface area (Å²) in [6.45, 7) is 5.18. The van der Waals surface area contributed by atoms with Gasteiger partial charge in [0, 0.05) is 20.8 Å². The number of pyridine rings is 1. The minimum atomic E-state index is -0.0238. The molecule has 0 amide bonds. The van der Waals surface area contributed by atoms with Gasteiger partial charge in [0.15, 0.2) is 0 Å². The van der Waals surface area contributed by atoms with Gasteiger partial charge >= 0.3 is 0 Å². The predicted molar refractivity (Wildman–Crippen MR) is 177 cm³/mol. The molecule has 3 saturated carbocycles. The van der Waals surface area contributed by atoms with Crippen LogP contribution < -0.4 is 5.73 Å². The summed E-state index contributed by atoms with van der Waals surface area (Å²) in [4.78, 5) is 20.7. The average molecular weight is 640 g/mol. The lowest BCUT2D eigenvalue weighted by atomic mass is 9.45. The zero-order valence-corrected chi connectivity index (χ0v) is 27.0. The van der Waals surface area contributed by atoms with Crippen molar-refractivity contribution in [2.75, 3.05) is 5.73 Å². The van der Waals surface area contributed by atoms with E-state index < -0.39 is 0 Å². The summed E-state index contributed by atoms with van der Waals surface area (Å²) >= 11 is 4.97. The van der Waals surface area contributed by atoms with Crippen LogP contribution >= 0.6 is 27.3 Å². The number of fused-ring (bicyclic) bond motifs is 8. The molecule has 6 atom stereocenters. The van der Waals surface area contributed by atoms with Crippen molar-refractivity contribution in [2.45, 2.75) is 77.0 Å². The van der Waals surface area contributed by atoms with E-state index in [2.05, 4.69) is 60.1 Å². The molecule has 0 bridgehead atoms. The molecule has 0 unspecified atom stereocenters. The van der Waals surface area contributed by atoms with Gasteiger partial charge < -0.3 is 5.73 Å². The van der Waals surface area contributed by atoms with Crippen molar-refractivity contribution in [3.8, 4) is 11.1 Å². The maximum absolute atomic E-state index is 13.7. The van der Waals surface area contributed by atoms with Crippen molar-refractivity contribution >= 4 is 49.0 Å². The molecule has 2 N–H and O–H groups in total. The number of rotatable bonds is 3. The Morgan fingerprint density at radius 2 is 1.74 bits per heavy atom. The number of nitrogen functional groups attached to an aromatic ring is 1. The number of ketones is 1. The molecule has 8 rings (SSSR count). The number of nitrogens with two attached hydrogens (primary N) is 1. The number of benzene rings is 2. The Hall–Kier alpha value is -2.50. The molecule has 4 aromatic rings. The highest BCUT2D eigenvalue weighted by atomic mass is 79.9. The lowest BCUT2D eigenvalue weighted by molar-refractivity contribution is -0.0907. The minimum absolute atomic E-state index is 0.0238. The molecule has 2 heterocycles. The summed E-state index contributed by atoms with van der Waals surface area (Å²) in [6.07, 6.45) is 12.1. The molecule has 0 spiro atoms. The zero-order valence-electron chi connectivity index (χ0n) is 24.6. The van der Waals surface area contributed by atoms with E-state index in [1.165, 1.54) is 85.1 Å². The molecule has 0 aliphatic heterocycles. The van der Waals surface area contributed by atoms with Crippen LogP contribution in [0.4, 0.5) is 5.69 Å². The molecular formula is C37H39BrN2OS. The molecule has 42 heavy (non-hydrogen) atoms. The first-order chi connectivity index (χ1) is 20.3. The molecule has 4 aliphatic rings. The van der Waals surface area contributed by atoms with Gasteiger partial charge in [-0.15, -0.1) is 11.3 Å². The summed E-state index contributed by atoms with van der Waals surface area (Å²) in [5.41, 5.74) is 13.9. The van der Waals surface area contributed by atoms with Gasteiger partial charge in [-0.25, -0.2) is 4.98 Å². The van der Waals surface area contributed by atoms with Crippen LogP contribution in [0.15, 0.2) is 59.1 Å². The van der Waals surface area contributed by atoms with Crippen LogP contribution in [-0.4, -0.2) is 10.8 Å². The summed E-state index contributed by atoms with van der Waals surface area (Å²) in [5, 5.41) is 0.979. The van der Waals surface area contributed by atoms with E-state index in [4.69, 9.17) is 10.7 Å². The molecule has 3 fully saturated rings. The third-order valence-corrected chi connectivity index (χ3v) is 13.9. The molecule has 2 aromatic carbocycles. The van der Waals surface area contributed by atoms with Gasteiger partial charge in [-0.2, -0.15) is 0 Å². The molecule has 0 radical (unpaired) electrons. The van der Waals surface area contributed by atoms with Crippen molar-refractivity contribution in [3.05, 3.63) is 80.8 Å². The van der Waals surface area contributed by atoms with Crippen molar-refractivity contribution in [2.24, 2.45) is 29.1 Å². The maximum Gasteiger partial charge on any atom is 0.205 e. The number of hydrogen-bond acceptors (Lipinski definition) is 4. The maximum atomic E-state index is 13.7. The molecule has 2 aromatic heterocycles. The highest BCUT2D eigenvalue weighted by Crippen LogP contribution is 2.66. The molecule has 5 heteroatoms. The lowest BCUT2D eigenvalue weighted by Crippen LogP contribution is -2.53. The van der Waals surface area contributed by atoms with Crippen molar-refractivity contribution in [3.63, 3.8) is 0 Å². The normalized spacial score (nSPS) is 31.7. The predicted octanol–water partition coefficient (Wildman–Crippen LogP) is 9.99. The van der Waals surface area contributed by atoms with Gasteiger partial charge in [0.05, 0.1) is 11.4 Å². The fourth-order valence-corrected chi connectivity index (χ4v) is 11.5. The van der Waals surface area contributed by atoms with Crippen LogP contribution in [0.25, 0.3) is 21.3 Å². The van der Waals surface area contributed by atoms with Crippen LogP contribution in [0, 0.1) is 29.1 Å². The second-order valence-electron chi connectivity index (χ2n) is 14.1. The first-order valence-electron chi connectivity index (χ1n) is 15.9. The number of carbonyl (C=O) groups is 1. The first kappa shape index (κ1) is 27.1. The SMILES string of the molecule is C[C@]12CCCC[C@H]1CC[C@H]1[C@H]2CC[C@]2(C)c3nc4sc(C(=O)c5ccc(Br)cc5)c(N)c4c(-c4ccccc4)c3C[C@H]12. The van der Waals surface area contributed by atoms with Crippen LogP contribution in [-0.2, 0) is 11.8 Å². The van der Waals surface area contributed by atoms with Crippen LogP contribution in [0.5, 0.6) is 0 Å². The average Bonchev–Trinajstić information content (AvgIpc) is 3.49. The number of thiophene rings is 1. The Morgan fingerprint density at radius 1 is 0.952 bits per heavy atom. The fraction of sp³-hybridized carbons (Fsp3) is 0.459. The number of carbonyl (C=O) groups excluding carboxylic acids is 1. The van der Waals surface area contributed by atoms with E-state index in [1.54, 1.807) is 0 Å². The minimum Gasteiger partial charge on any atom is -0.397 e. The Labute approximate surface area is 261 Å². The van der Waals surface area contributed by atoms with E-state index >= 15 is 0 Å². The topological polar surface area (TPSA) is 56.0 Å². The van der Waals surface area contributed by atoms with Gasteiger partial charge in [-0.3, -0.25) is 4.79 Å². The Balaban J connectivity index is 1.28. The molecule has 4 aliphatic carbocycles. The summed E-state index contributed by atoms with van der Waals surface area (Å²) in [5.74, 6) is 3.13. The third-order valence-electron chi connectivity index (χ3n) is 12.3. The van der Waals surface area contributed by atoms with Gasteiger partial charge in [0.1, 0.15) is 9.71 Å². The first-order valence-corrected chi connectivity index (χ1v) is 17.5. The van der Waals surface area contributed by atoms with Gasteiger partial charge in [0.25, 0.3) is 0 Å². The molecular weight excluding hydrogens is 600 g/mol. The molecule has 216 valence electrons. The second kappa shape index (κ2) is 9.75. The van der Waals surface area contributed by atoms with Crippen molar-refractivity contribution in [1.82, 2.24) is 4.98 Å². The van der Waals surface area contributed by atoms with Gasteiger partial charge in [-0.05, 0) is 115 Å². The Kier molecular flexibility index (Phi) is 6.29. The highest BCUT2D eigenvalue weighted by Gasteiger charge is 2.59.